The molecule has 0 atom stereocenters. The van der Waals surface area contributed by atoms with Gasteiger partial charge in [0, 0.05) is 37.1 Å². The van der Waals surface area contributed by atoms with Crippen LogP contribution in [0.25, 0.3) is 22.1 Å². The van der Waals surface area contributed by atoms with Crippen LogP contribution in [0.2, 0.25) is 0 Å². The zero-order chi connectivity index (χ0) is 20.3. The molecule has 0 radical (unpaired) electrons. The molecule has 0 fully saturated rings. The van der Waals surface area contributed by atoms with E-state index in [1.807, 2.05) is 12.1 Å². The summed E-state index contributed by atoms with van der Waals surface area (Å²) >= 11 is 0. The second-order valence-corrected chi connectivity index (χ2v) is 6.40. The Morgan fingerprint density at radius 2 is 1.79 bits per heavy atom. The third-order valence-electron chi connectivity index (χ3n) is 3.94. The zero-order valence-electron chi connectivity index (χ0n) is 15.4. The molecule has 9 heteroatoms. The molecule has 0 saturated heterocycles. The van der Waals surface area contributed by atoms with Gasteiger partial charge in [-0.1, -0.05) is 6.07 Å². The largest absolute Gasteiger partial charge is 0.471 e. The summed E-state index contributed by atoms with van der Waals surface area (Å²) in [6.45, 7) is 0.222. The number of hydrogen-bond donors (Lipinski definition) is 0. The number of aromatic nitrogens is 4. The van der Waals surface area contributed by atoms with Crippen molar-refractivity contribution in [2.45, 2.75) is 19.5 Å². The third-order valence-corrected chi connectivity index (χ3v) is 3.94. The van der Waals surface area contributed by atoms with Crippen LogP contribution in [0.15, 0.2) is 59.5 Å². The summed E-state index contributed by atoms with van der Waals surface area (Å²) in [4.78, 5) is 12.3. The number of rotatable bonds is 7. The van der Waals surface area contributed by atoms with Crippen molar-refractivity contribution in [2.75, 3.05) is 6.61 Å². The van der Waals surface area contributed by atoms with E-state index in [1.165, 1.54) is 0 Å². The normalized spacial score (nSPS) is 11.6. The average Bonchev–Trinajstić information content (AvgIpc) is 3.13. The Balaban J connectivity index is 1.52. The number of ether oxygens (including phenoxy) is 2. The molecule has 1 aromatic carbocycles. The highest BCUT2D eigenvalue weighted by Gasteiger charge is 2.22. The molecular weight excluding hydrogens is 382 g/mol. The molecule has 3 heterocycles. The van der Waals surface area contributed by atoms with Gasteiger partial charge < -0.3 is 14.0 Å². The molecule has 4 rings (SSSR count). The molecule has 4 aromatic rings. The second kappa shape index (κ2) is 7.78. The first-order chi connectivity index (χ1) is 14.0. The van der Waals surface area contributed by atoms with Crippen LogP contribution in [0.5, 0.6) is 11.8 Å². The fourth-order valence-corrected chi connectivity index (χ4v) is 2.57. The summed E-state index contributed by atoms with van der Waals surface area (Å²) in [6.07, 6.45) is 4.82. The molecule has 3 aromatic heterocycles. The van der Waals surface area contributed by atoms with Crippen molar-refractivity contribution >= 4 is 11.0 Å². The maximum absolute atomic E-state index is 12.9. The number of pyridine rings is 1. The van der Waals surface area contributed by atoms with Crippen LogP contribution in [0, 0.1) is 0 Å². The number of halogens is 2. The van der Waals surface area contributed by atoms with Gasteiger partial charge in [-0.25, -0.2) is 23.7 Å². The van der Waals surface area contributed by atoms with Crippen LogP contribution in [0.3, 0.4) is 0 Å². The van der Waals surface area contributed by atoms with Crippen LogP contribution in [-0.2, 0) is 6.61 Å². The first-order valence-electron chi connectivity index (χ1n) is 8.73. The first-order valence-corrected chi connectivity index (χ1v) is 8.73. The van der Waals surface area contributed by atoms with E-state index in [9.17, 15) is 8.78 Å². The van der Waals surface area contributed by atoms with Crippen molar-refractivity contribution in [3.63, 3.8) is 0 Å². The number of benzene rings is 1. The van der Waals surface area contributed by atoms with Crippen molar-refractivity contribution in [3.05, 3.63) is 60.8 Å². The van der Waals surface area contributed by atoms with Gasteiger partial charge in [-0.15, -0.1) is 0 Å². The van der Waals surface area contributed by atoms with E-state index in [1.54, 1.807) is 42.9 Å². The standard InChI is InChI=1S/C20H16F2N4O3/c1-20(21,22)12-28-18-6-4-14(10-25-18)13-3-5-16-15(9-13)19(26-29-16)27-11-17-23-7-2-8-24-17/h2-10H,11-12H2,1H3. The first kappa shape index (κ1) is 18.7. The van der Waals surface area contributed by atoms with Crippen LogP contribution in [0.1, 0.15) is 12.7 Å². The van der Waals surface area contributed by atoms with Crippen molar-refractivity contribution in [2.24, 2.45) is 0 Å². The highest BCUT2D eigenvalue weighted by Crippen LogP contribution is 2.30. The van der Waals surface area contributed by atoms with E-state index in [0.717, 1.165) is 18.1 Å². The van der Waals surface area contributed by atoms with Gasteiger partial charge in [0.1, 0.15) is 6.61 Å². The molecule has 0 bridgehead atoms. The molecule has 0 saturated carbocycles. The molecule has 7 nitrogen and oxygen atoms in total. The van der Waals surface area contributed by atoms with Crippen molar-refractivity contribution in [3.8, 4) is 22.9 Å². The summed E-state index contributed by atoms with van der Waals surface area (Å²) in [7, 11) is 0. The predicted molar refractivity (Wildman–Crippen MR) is 99.7 cm³/mol. The van der Waals surface area contributed by atoms with Gasteiger partial charge in [0.05, 0.1) is 5.39 Å². The maximum atomic E-state index is 12.9. The Labute approximate surface area is 164 Å². The third kappa shape index (κ3) is 4.63. The monoisotopic (exact) mass is 398 g/mol. The van der Waals surface area contributed by atoms with E-state index in [4.69, 9.17) is 14.0 Å². The van der Waals surface area contributed by atoms with Crippen molar-refractivity contribution < 1.29 is 22.8 Å². The number of alkyl halides is 2. The Morgan fingerprint density at radius 1 is 1.00 bits per heavy atom. The Bertz CT molecular complexity index is 1100. The van der Waals surface area contributed by atoms with Crippen LogP contribution >= 0.6 is 0 Å². The summed E-state index contributed by atoms with van der Waals surface area (Å²) in [5.74, 6) is -1.93. The molecule has 0 aliphatic carbocycles. The highest BCUT2D eigenvalue weighted by atomic mass is 19.3. The van der Waals surface area contributed by atoms with E-state index >= 15 is 0 Å². The smallest absolute Gasteiger partial charge is 0.278 e. The lowest BCUT2D eigenvalue weighted by atomic mass is 10.1. The fourth-order valence-electron chi connectivity index (χ4n) is 2.57. The van der Waals surface area contributed by atoms with Gasteiger partial charge in [0.15, 0.2) is 18.0 Å². The molecule has 0 aliphatic rings. The molecule has 29 heavy (non-hydrogen) atoms. The van der Waals surface area contributed by atoms with Gasteiger partial charge in [0.25, 0.3) is 11.8 Å². The topological polar surface area (TPSA) is 83.2 Å². The Hall–Kier alpha value is -3.62. The lowest BCUT2D eigenvalue weighted by molar-refractivity contribution is -0.0242. The van der Waals surface area contributed by atoms with Gasteiger partial charge in [-0.3, -0.25) is 0 Å². The zero-order valence-corrected chi connectivity index (χ0v) is 15.4. The van der Waals surface area contributed by atoms with Gasteiger partial charge in [-0.05, 0) is 35.0 Å². The van der Waals surface area contributed by atoms with E-state index in [-0.39, 0.29) is 12.5 Å². The van der Waals surface area contributed by atoms with E-state index in [0.29, 0.717) is 22.7 Å². The Morgan fingerprint density at radius 3 is 2.52 bits per heavy atom. The summed E-state index contributed by atoms with van der Waals surface area (Å²) < 4.78 is 41.7. The minimum absolute atomic E-state index is 0.133. The van der Waals surface area contributed by atoms with E-state index < -0.39 is 12.5 Å². The van der Waals surface area contributed by atoms with Crippen LogP contribution < -0.4 is 9.47 Å². The number of nitrogens with zero attached hydrogens (tertiary/aromatic N) is 4. The van der Waals surface area contributed by atoms with Gasteiger partial charge in [0.2, 0.25) is 5.88 Å². The molecule has 148 valence electrons. The molecular formula is C20H16F2N4O3. The molecule has 0 N–H and O–H groups in total. The summed E-state index contributed by atoms with van der Waals surface area (Å²) in [6, 6.07) is 10.5. The SMILES string of the molecule is CC(F)(F)COc1ccc(-c2ccc3onc(OCc4ncccn4)c3c2)cn1. The lowest BCUT2D eigenvalue weighted by Crippen LogP contribution is -2.21. The molecule has 0 spiro atoms. The lowest BCUT2D eigenvalue weighted by Gasteiger charge is -2.11. The maximum Gasteiger partial charge on any atom is 0.278 e. The summed E-state index contributed by atoms with van der Waals surface area (Å²) in [5, 5.41) is 4.63. The fraction of sp³-hybridized carbons (Fsp3) is 0.200. The second-order valence-electron chi connectivity index (χ2n) is 6.40. The quantitative estimate of drug-likeness (QED) is 0.459. The molecule has 0 unspecified atom stereocenters. The van der Waals surface area contributed by atoms with Crippen LogP contribution in [0.4, 0.5) is 8.78 Å². The van der Waals surface area contributed by atoms with Crippen molar-refractivity contribution in [1.29, 1.82) is 0 Å². The predicted octanol–water partition coefficient (Wildman–Crippen LogP) is 4.29. The van der Waals surface area contributed by atoms with Crippen LogP contribution in [-0.4, -0.2) is 32.6 Å². The minimum Gasteiger partial charge on any atom is -0.471 e. The number of hydrogen-bond acceptors (Lipinski definition) is 7. The van der Waals surface area contributed by atoms with Crippen molar-refractivity contribution in [1.82, 2.24) is 20.1 Å². The minimum atomic E-state index is -2.92. The van der Waals surface area contributed by atoms with Gasteiger partial charge >= 0.3 is 0 Å². The van der Waals surface area contributed by atoms with Gasteiger partial charge in [-0.2, -0.15) is 0 Å². The average molecular weight is 398 g/mol. The Kier molecular flexibility index (Phi) is 5.03. The van der Waals surface area contributed by atoms with E-state index in [2.05, 4.69) is 20.1 Å². The molecule has 0 aliphatic heterocycles. The number of fused-ring (bicyclic) bond motifs is 1. The molecule has 0 amide bonds. The summed E-state index contributed by atoms with van der Waals surface area (Å²) in [5.41, 5.74) is 2.18. The highest BCUT2D eigenvalue weighted by molar-refractivity contribution is 5.87.